The van der Waals surface area contributed by atoms with E-state index in [4.69, 9.17) is 11.6 Å². The Morgan fingerprint density at radius 1 is 1.35 bits per heavy atom. The minimum Gasteiger partial charge on any atom is -0.338 e. The first kappa shape index (κ1) is 14.8. The van der Waals surface area contributed by atoms with Gasteiger partial charge >= 0.3 is 0 Å². The zero-order valence-electron chi connectivity index (χ0n) is 12.9. The van der Waals surface area contributed by atoms with E-state index in [2.05, 4.69) is 16.1 Å². The van der Waals surface area contributed by atoms with Gasteiger partial charge in [0.2, 0.25) is 5.91 Å². The first-order valence-electron chi connectivity index (χ1n) is 8.26. The highest BCUT2D eigenvalue weighted by atomic mass is 35.5. The van der Waals surface area contributed by atoms with E-state index in [0.717, 1.165) is 37.4 Å². The van der Waals surface area contributed by atoms with Gasteiger partial charge in [-0.3, -0.25) is 9.48 Å². The van der Waals surface area contributed by atoms with Crippen molar-refractivity contribution in [1.82, 2.24) is 14.7 Å². The summed E-state index contributed by atoms with van der Waals surface area (Å²) in [5, 5.41) is 5.02. The lowest BCUT2D eigenvalue weighted by molar-refractivity contribution is -0.133. The van der Waals surface area contributed by atoms with E-state index >= 15 is 0 Å². The molecule has 4 rings (SSSR count). The van der Waals surface area contributed by atoms with Crippen molar-refractivity contribution < 1.29 is 4.79 Å². The third-order valence-electron chi connectivity index (χ3n) is 5.00. The molecule has 1 aliphatic carbocycles. The van der Waals surface area contributed by atoms with E-state index in [0.29, 0.717) is 11.8 Å². The van der Waals surface area contributed by atoms with Crippen molar-refractivity contribution in [2.45, 2.75) is 37.8 Å². The van der Waals surface area contributed by atoms with Crippen LogP contribution >= 0.6 is 11.6 Å². The molecule has 3 atom stereocenters. The molecule has 2 heterocycles. The number of aromatic nitrogens is 2. The summed E-state index contributed by atoms with van der Waals surface area (Å²) in [4.78, 5) is 15.0. The van der Waals surface area contributed by atoms with Crippen molar-refractivity contribution in [3.8, 4) is 0 Å². The lowest BCUT2D eigenvalue weighted by Gasteiger charge is -2.25. The van der Waals surface area contributed by atoms with E-state index in [1.165, 1.54) is 5.56 Å². The molecular formula is C18H20ClN3O. The largest absolute Gasteiger partial charge is 0.338 e. The van der Waals surface area contributed by atoms with Crippen molar-refractivity contribution in [2.75, 3.05) is 6.54 Å². The molecule has 1 saturated carbocycles. The maximum absolute atomic E-state index is 12.9. The molecule has 2 aliphatic rings. The van der Waals surface area contributed by atoms with Crippen LogP contribution in [0.25, 0.3) is 0 Å². The van der Waals surface area contributed by atoms with E-state index < -0.39 is 0 Å². The van der Waals surface area contributed by atoms with E-state index in [1.54, 1.807) is 6.20 Å². The second-order valence-corrected chi connectivity index (χ2v) is 7.00. The van der Waals surface area contributed by atoms with Crippen LogP contribution in [0.1, 0.15) is 30.7 Å². The minimum absolute atomic E-state index is 0.131. The summed E-state index contributed by atoms with van der Waals surface area (Å²) in [6.45, 7) is 1.68. The lowest BCUT2D eigenvalue weighted by Crippen LogP contribution is -2.39. The Labute approximate surface area is 141 Å². The molecule has 0 spiro atoms. The Hall–Kier alpha value is -1.81. The molecule has 0 N–H and O–H groups in total. The molecule has 2 fully saturated rings. The average molecular weight is 330 g/mol. The number of likely N-dealkylation sites (tertiary alicyclic amines) is 1. The van der Waals surface area contributed by atoms with Crippen LogP contribution in [0.15, 0.2) is 42.7 Å². The number of benzene rings is 1. The van der Waals surface area contributed by atoms with Crippen molar-refractivity contribution in [3.63, 3.8) is 0 Å². The molecule has 1 aromatic heterocycles. The Kier molecular flexibility index (Phi) is 3.85. The van der Waals surface area contributed by atoms with Crippen LogP contribution in [0.4, 0.5) is 0 Å². The molecule has 1 aromatic carbocycles. The zero-order chi connectivity index (χ0) is 15.8. The molecule has 1 amide bonds. The van der Waals surface area contributed by atoms with E-state index in [-0.39, 0.29) is 12.0 Å². The first-order chi connectivity index (χ1) is 11.2. The van der Waals surface area contributed by atoms with Crippen LogP contribution in [0.5, 0.6) is 0 Å². The SMILES string of the molecule is O=C([C@@H]1C[C@@H]1c1cccc(Cl)c1)N1CCC[C@H]1Cn1cccn1. The number of halogens is 1. The van der Waals surface area contributed by atoms with Crippen molar-refractivity contribution in [1.29, 1.82) is 0 Å². The van der Waals surface area contributed by atoms with Crippen LogP contribution in [0, 0.1) is 5.92 Å². The number of nitrogens with zero attached hydrogens (tertiary/aromatic N) is 3. The Morgan fingerprint density at radius 2 is 2.26 bits per heavy atom. The highest BCUT2D eigenvalue weighted by Crippen LogP contribution is 2.49. The molecule has 1 saturated heterocycles. The Morgan fingerprint density at radius 3 is 3.04 bits per heavy atom. The fourth-order valence-electron chi connectivity index (χ4n) is 3.73. The fraction of sp³-hybridized carbons (Fsp3) is 0.444. The standard InChI is InChI=1S/C18H20ClN3O/c19-14-5-1-4-13(10-14)16-11-17(16)18(23)22-9-2-6-15(22)12-21-8-3-7-20-21/h1,3-5,7-8,10,15-17H,2,6,9,11-12H2/t15-,16+,17+/m0/s1. The second kappa shape index (κ2) is 6.00. The van der Waals surface area contributed by atoms with E-state index in [1.807, 2.05) is 35.1 Å². The highest BCUT2D eigenvalue weighted by Gasteiger charge is 2.47. The predicted molar refractivity (Wildman–Crippen MR) is 89.3 cm³/mol. The van der Waals surface area contributed by atoms with Gasteiger partial charge in [0.15, 0.2) is 0 Å². The second-order valence-electron chi connectivity index (χ2n) is 6.56. The molecule has 120 valence electrons. The maximum atomic E-state index is 12.9. The Bertz CT molecular complexity index is 700. The van der Waals surface area contributed by atoms with Gasteiger partial charge in [0.05, 0.1) is 12.6 Å². The third-order valence-corrected chi connectivity index (χ3v) is 5.24. The Balaban J connectivity index is 1.43. The summed E-state index contributed by atoms with van der Waals surface area (Å²) < 4.78 is 1.93. The van der Waals surface area contributed by atoms with Gasteiger partial charge in [-0.1, -0.05) is 23.7 Å². The van der Waals surface area contributed by atoms with Crippen molar-refractivity contribution in [2.24, 2.45) is 5.92 Å². The van der Waals surface area contributed by atoms with Crippen LogP contribution in [0.2, 0.25) is 5.02 Å². The highest BCUT2D eigenvalue weighted by molar-refractivity contribution is 6.30. The molecule has 5 heteroatoms. The van der Waals surface area contributed by atoms with Gasteiger partial charge in [-0.25, -0.2) is 0 Å². The molecular weight excluding hydrogens is 310 g/mol. The summed E-state index contributed by atoms with van der Waals surface area (Å²) >= 11 is 6.07. The number of amides is 1. The van der Waals surface area contributed by atoms with Crippen molar-refractivity contribution >= 4 is 17.5 Å². The molecule has 0 bridgehead atoms. The molecule has 4 nitrogen and oxygen atoms in total. The van der Waals surface area contributed by atoms with Gasteiger partial charge in [-0.15, -0.1) is 0 Å². The zero-order valence-corrected chi connectivity index (χ0v) is 13.7. The molecule has 2 aromatic rings. The molecule has 1 aliphatic heterocycles. The quantitative estimate of drug-likeness (QED) is 0.863. The van der Waals surface area contributed by atoms with Crippen LogP contribution < -0.4 is 0 Å². The molecule has 23 heavy (non-hydrogen) atoms. The predicted octanol–water partition coefficient (Wildman–Crippen LogP) is 3.33. The topological polar surface area (TPSA) is 38.1 Å². The van der Waals surface area contributed by atoms with Gasteiger partial charge in [0.25, 0.3) is 0 Å². The van der Waals surface area contributed by atoms with Crippen molar-refractivity contribution in [3.05, 3.63) is 53.3 Å². The molecule has 0 unspecified atom stereocenters. The smallest absolute Gasteiger partial charge is 0.226 e. The monoisotopic (exact) mass is 329 g/mol. The third kappa shape index (κ3) is 3.00. The summed E-state index contributed by atoms with van der Waals surface area (Å²) in [5.74, 6) is 0.781. The van der Waals surface area contributed by atoms with Gasteiger partial charge < -0.3 is 4.90 Å². The van der Waals surface area contributed by atoms with Gasteiger partial charge in [0, 0.05) is 29.9 Å². The summed E-state index contributed by atoms with van der Waals surface area (Å²) in [5.41, 5.74) is 1.19. The number of hydrogen-bond donors (Lipinski definition) is 0. The van der Waals surface area contributed by atoms with Gasteiger partial charge in [-0.2, -0.15) is 5.10 Å². The summed E-state index contributed by atoms with van der Waals surface area (Å²) in [6.07, 6.45) is 6.86. The van der Waals surface area contributed by atoms with Gasteiger partial charge in [0.1, 0.15) is 0 Å². The summed E-state index contributed by atoms with van der Waals surface area (Å²) in [7, 11) is 0. The van der Waals surface area contributed by atoms with E-state index in [9.17, 15) is 4.79 Å². The number of rotatable bonds is 4. The van der Waals surface area contributed by atoms with Crippen LogP contribution in [-0.4, -0.2) is 33.2 Å². The number of hydrogen-bond acceptors (Lipinski definition) is 2. The maximum Gasteiger partial charge on any atom is 0.226 e. The normalized spacial score (nSPS) is 26.5. The molecule has 0 radical (unpaired) electrons. The van der Waals surface area contributed by atoms with Crippen LogP contribution in [0.3, 0.4) is 0 Å². The number of carbonyl (C=O) groups excluding carboxylic acids is 1. The number of carbonyl (C=O) groups is 1. The minimum atomic E-state index is 0.131. The van der Waals surface area contributed by atoms with Crippen LogP contribution in [-0.2, 0) is 11.3 Å². The summed E-state index contributed by atoms with van der Waals surface area (Å²) in [6, 6.07) is 10.1. The lowest BCUT2D eigenvalue weighted by atomic mass is 10.1. The fourth-order valence-corrected chi connectivity index (χ4v) is 3.93. The first-order valence-corrected chi connectivity index (χ1v) is 8.63. The average Bonchev–Trinajstić information content (AvgIpc) is 2.94. The van der Waals surface area contributed by atoms with Gasteiger partial charge in [-0.05, 0) is 48.9 Å².